The Morgan fingerprint density at radius 2 is 2.25 bits per heavy atom. The van der Waals surface area contributed by atoms with Crippen LogP contribution in [0.15, 0.2) is 18.2 Å². The Balaban J connectivity index is 2.04. The molecule has 2 atom stereocenters. The Morgan fingerprint density at radius 1 is 1.45 bits per heavy atom. The van der Waals surface area contributed by atoms with Crippen molar-refractivity contribution in [2.45, 2.75) is 45.4 Å². The first kappa shape index (κ1) is 15.6. The van der Waals surface area contributed by atoms with Gasteiger partial charge in [-0.3, -0.25) is 0 Å². The SMILES string of the molecule is CCCNCc1ccc(N(C)C2CCOC2C)cc1Cl. The summed E-state index contributed by atoms with van der Waals surface area (Å²) in [5.41, 5.74) is 2.32. The number of likely N-dealkylation sites (N-methyl/N-ethyl adjacent to an activating group) is 1. The van der Waals surface area contributed by atoms with E-state index < -0.39 is 0 Å². The molecule has 1 heterocycles. The molecule has 1 aromatic carbocycles. The summed E-state index contributed by atoms with van der Waals surface area (Å²) in [6, 6.07) is 6.78. The maximum atomic E-state index is 6.40. The number of benzene rings is 1. The molecule has 1 fully saturated rings. The molecule has 0 spiro atoms. The highest BCUT2D eigenvalue weighted by Crippen LogP contribution is 2.28. The van der Waals surface area contributed by atoms with Gasteiger partial charge in [0.25, 0.3) is 0 Å². The van der Waals surface area contributed by atoms with E-state index in [4.69, 9.17) is 16.3 Å². The van der Waals surface area contributed by atoms with Gasteiger partial charge in [0.1, 0.15) is 0 Å². The van der Waals surface area contributed by atoms with Crippen molar-refractivity contribution < 1.29 is 4.74 Å². The molecule has 2 rings (SSSR count). The summed E-state index contributed by atoms with van der Waals surface area (Å²) in [7, 11) is 2.12. The van der Waals surface area contributed by atoms with Gasteiger partial charge in [-0.1, -0.05) is 24.6 Å². The average Bonchev–Trinajstić information content (AvgIpc) is 2.86. The van der Waals surface area contributed by atoms with E-state index in [9.17, 15) is 0 Å². The molecule has 20 heavy (non-hydrogen) atoms. The van der Waals surface area contributed by atoms with Crippen LogP contribution >= 0.6 is 11.6 Å². The van der Waals surface area contributed by atoms with Crippen LogP contribution in [0, 0.1) is 0 Å². The molecule has 0 radical (unpaired) electrons. The van der Waals surface area contributed by atoms with E-state index in [0.29, 0.717) is 6.04 Å². The first-order valence-electron chi connectivity index (χ1n) is 7.47. The summed E-state index contributed by atoms with van der Waals surface area (Å²) in [4.78, 5) is 2.28. The lowest BCUT2D eigenvalue weighted by atomic mass is 10.1. The lowest BCUT2D eigenvalue weighted by Crippen LogP contribution is -2.36. The second-order valence-electron chi connectivity index (χ2n) is 5.50. The largest absolute Gasteiger partial charge is 0.376 e. The molecule has 0 aromatic heterocycles. The number of anilines is 1. The van der Waals surface area contributed by atoms with E-state index >= 15 is 0 Å². The Labute approximate surface area is 127 Å². The number of hydrogen-bond donors (Lipinski definition) is 1. The van der Waals surface area contributed by atoms with Crippen molar-refractivity contribution in [3.63, 3.8) is 0 Å². The number of nitrogens with zero attached hydrogens (tertiary/aromatic N) is 1. The van der Waals surface area contributed by atoms with E-state index in [2.05, 4.69) is 49.3 Å². The summed E-state index contributed by atoms with van der Waals surface area (Å²) in [5.74, 6) is 0. The highest BCUT2D eigenvalue weighted by molar-refractivity contribution is 6.31. The molecule has 2 unspecified atom stereocenters. The van der Waals surface area contributed by atoms with Crippen molar-refractivity contribution in [1.29, 1.82) is 0 Å². The van der Waals surface area contributed by atoms with Gasteiger partial charge in [-0.05, 0) is 44.0 Å². The minimum atomic E-state index is 0.282. The maximum Gasteiger partial charge on any atom is 0.0750 e. The molecule has 0 bridgehead atoms. The fourth-order valence-corrected chi connectivity index (χ4v) is 2.96. The quantitative estimate of drug-likeness (QED) is 0.814. The van der Waals surface area contributed by atoms with Crippen molar-refractivity contribution in [3.8, 4) is 0 Å². The van der Waals surface area contributed by atoms with Crippen molar-refractivity contribution >= 4 is 17.3 Å². The predicted molar refractivity (Wildman–Crippen MR) is 85.7 cm³/mol. The van der Waals surface area contributed by atoms with E-state index in [0.717, 1.165) is 48.8 Å². The lowest BCUT2D eigenvalue weighted by molar-refractivity contribution is 0.118. The molecule has 1 aromatic rings. The molecule has 1 aliphatic rings. The van der Waals surface area contributed by atoms with Crippen LogP contribution < -0.4 is 10.2 Å². The van der Waals surface area contributed by atoms with Gasteiger partial charge in [0, 0.05) is 30.9 Å². The number of halogens is 1. The number of nitrogens with one attached hydrogen (secondary N) is 1. The van der Waals surface area contributed by atoms with Gasteiger partial charge in [0.2, 0.25) is 0 Å². The Morgan fingerprint density at radius 3 is 2.85 bits per heavy atom. The fourth-order valence-electron chi connectivity index (χ4n) is 2.72. The van der Waals surface area contributed by atoms with Crippen LogP contribution in [0.3, 0.4) is 0 Å². The number of rotatable bonds is 6. The van der Waals surface area contributed by atoms with Gasteiger partial charge in [-0.2, -0.15) is 0 Å². The molecule has 0 saturated carbocycles. The monoisotopic (exact) mass is 296 g/mol. The second-order valence-corrected chi connectivity index (χ2v) is 5.90. The molecule has 112 valence electrons. The summed E-state index contributed by atoms with van der Waals surface area (Å²) in [6.07, 6.45) is 2.50. The van der Waals surface area contributed by atoms with Crippen LogP contribution in [0.1, 0.15) is 32.3 Å². The molecule has 3 nitrogen and oxygen atoms in total. The van der Waals surface area contributed by atoms with E-state index in [1.165, 1.54) is 0 Å². The average molecular weight is 297 g/mol. The van der Waals surface area contributed by atoms with Crippen LogP contribution in [-0.4, -0.2) is 32.3 Å². The Hall–Kier alpha value is -0.770. The van der Waals surface area contributed by atoms with Crippen LogP contribution in [0.4, 0.5) is 5.69 Å². The van der Waals surface area contributed by atoms with Crippen LogP contribution in [0.25, 0.3) is 0 Å². The summed E-state index contributed by atoms with van der Waals surface area (Å²) in [6.45, 7) is 7.01. The molecule has 1 N–H and O–H groups in total. The van der Waals surface area contributed by atoms with Crippen molar-refractivity contribution in [3.05, 3.63) is 28.8 Å². The van der Waals surface area contributed by atoms with E-state index in [1.54, 1.807) is 0 Å². The highest BCUT2D eigenvalue weighted by atomic mass is 35.5. The normalized spacial score (nSPS) is 22.2. The molecule has 1 aliphatic heterocycles. The third kappa shape index (κ3) is 3.66. The van der Waals surface area contributed by atoms with E-state index in [-0.39, 0.29) is 6.10 Å². The molecular formula is C16H25ClN2O. The van der Waals surface area contributed by atoms with Crippen LogP contribution in [-0.2, 0) is 11.3 Å². The van der Waals surface area contributed by atoms with Crippen molar-refractivity contribution in [2.24, 2.45) is 0 Å². The van der Waals surface area contributed by atoms with Crippen LogP contribution in [0.2, 0.25) is 5.02 Å². The van der Waals surface area contributed by atoms with Gasteiger partial charge in [-0.25, -0.2) is 0 Å². The third-order valence-corrected chi connectivity index (χ3v) is 4.37. The topological polar surface area (TPSA) is 24.5 Å². The van der Waals surface area contributed by atoms with Crippen molar-refractivity contribution in [1.82, 2.24) is 5.32 Å². The smallest absolute Gasteiger partial charge is 0.0750 e. The maximum absolute atomic E-state index is 6.40. The summed E-state index contributed by atoms with van der Waals surface area (Å²) in [5, 5.41) is 4.22. The zero-order valence-corrected chi connectivity index (χ0v) is 13.4. The zero-order chi connectivity index (χ0) is 14.5. The minimum absolute atomic E-state index is 0.282. The standard InChI is InChI=1S/C16H25ClN2O/c1-4-8-18-11-13-5-6-14(10-15(13)17)19(3)16-7-9-20-12(16)2/h5-6,10,12,16,18H,4,7-9,11H2,1-3H3. The summed E-state index contributed by atoms with van der Waals surface area (Å²) >= 11 is 6.40. The molecule has 4 heteroatoms. The first-order valence-corrected chi connectivity index (χ1v) is 7.85. The van der Waals surface area contributed by atoms with Crippen LogP contribution in [0.5, 0.6) is 0 Å². The molecular weight excluding hydrogens is 272 g/mol. The Kier molecular flexibility index (Phi) is 5.70. The first-order chi connectivity index (χ1) is 9.63. The second kappa shape index (κ2) is 7.30. The van der Waals surface area contributed by atoms with Gasteiger partial charge < -0.3 is 15.0 Å². The van der Waals surface area contributed by atoms with Gasteiger partial charge >= 0.3 is 0 Å². The summed E-state index contributed by atoms with van der Waals surface area (Å²) < 4.78 is 5.64. The van der Waals surface area contributed by atoms with Gasteiger partial charge in [0.05, 0.1) is 12.1 Å². The number of ether oxygens (including phenoxy) is 1. The van der Waals surface area contributed by atoms with Gasteiger partial charge in [0.15, 0.2) is 0 Å². The highest BCUT2D eigenvalue weighted by Gasteiger charge is 2.28. The zero-order valence-electron chi connectivity index (χ0n) is 12.7. The fraction of sp³-hybridized carbons (Fsp3) is 0.625. The molecule has 1 saturated heterocycles. The Bertz CT molecular complexity index is 438. The minimum Gasteiger partial charge on any atom is -0.376 e. The van der Waals surface area contributed by atoms with Crippen molar-refractivity contribution in [2.75, 3.05) is 25.1 Å². The van der Waals surface area contributed by atoms with Gasteiger partial charge in [-0.15, -0.1) is 0 Å². The predicted octanol–water partition coefficient (Wildman–Crippen LogP) is 3.45. The lowest BCUT2D eigenvalue weighted by Gasteiger charge is -2.29. The third-order valence-electron chi connectivity index (χ3n) is 4.02. The molecule has 0 aliphatic carbocycles. The van der Waals surface area contributed by atoms with E-state index in [1.807, 2.05) is 0 Å². The molecule has 0 amide bonds. The number of hydrogen-bond acceptors (Lipinski definition) is 3.